The van der Waals surface area contributed by atoms with Crippen molar-refractivity contribution in [1.29, 1.82) is 0 Å². The van der Waals surface area contributed by atoms with E-state index in [1.165, 1.54) is 17.7 Å². The van der Waals surface area contributed by atoms with Crippen molar-refractivity contribution < 1.29 is 24.5 Å². The van der Waals surface area contributed by atoms with Gasteiger partial charge < -0.3 is 30.3 Å². The lowest BCUT2D eigenvalue weighted by Gasteiger charge is -2.22. The summed E-state index contributed by atoms with van der Waals surface area (Å²) < 4.78 is 13.3. The summed E-state index contributed by atoms with van der Waals surface area (Å²) in [4.78, 5) is 26.0. The second kappa shape index (κ2) is 15.1. The number of aryl methyl sites for hydroxylation is 1. The van der Waals surface area contributed by atoms with Gasteiger partial charge in [0.25, 0.3) is 6.47 Å². The number of anilines is 2. The normalized spacial score (nSPS) is 19.4. The van der Waals surface area contributed by atoms with Gasteiger partial charge in [0, 0.05) is 12.5 Å². The molecule has 256 valence electrons. The van der Waals surface area contributed by atoms with Gasteiger partial charge in [0.15, 0.2) is 29.3 Å². The van der Waals surface area contributed by atoms with Crippen molar-refractivity contribution in [3.63, 3.8) is 0 Å². The Balaban J connectivity index is 1.27. The molecule has 1 saturated heterocycles. The van der Waals surface area contributed by atoms with Crippen LogP contribution in [-0.2, 0) is 20.7 Å². The maximum atomic E-state index is 11.6. The number of hydrogen-bond acceptors (Lipinski definition) is 13. The van der Waals surface area contributed by atoms with Crippen LogP contribution in [0.5, 0.6) is 0 Å². The Morgan fingerprint density at radius 1 is 0.980 bits per heavy atom. The lowest BCUT2D eigenvalue weighted by Crippen LogP contribution is -2.32. The van der Waals surface area contributed by atoms with Crippen molar-refractivity contribution >= 4 is 40.7 Å². The molecule has 3 aromatic heterocycles. The van der Waals surface area contributed by atoms with Crippen LogP contribution in [0.25, 0.3) is 11.2 Å². The molecular formula is C36H36N8O5S. The Hall–Kier alpha value is -5.28. The van der Waals surface area contributed by atoms with Gasteiger partial charge in [0.1, 0.15) is 22.2 Å². The lowest BCUT2D eigenvalue weighted by molar-refractivity contribution is -0.142. The highest BCUT2D eigenvalue weighted by Gasteiger charge is 2.49. The summed E-state index contributed by atoms with van der Waals surface area (Å²) in [5, 5.41) is 37.8. The Bertz CT molecular complexity index is 1970. The predicted molar refractivity (Wildman–Crippen MR) is 188 cm³/mol. The first-order chi connectivity index (χ1) is 24.5. The summed E-state index contributed by atoms with van der Waals surface area (Å²) in [7, 11) is 0. The van der Waals surface area contributed by atoms with Crippen LogP contribution in [0.2, 0.25) is 0 Å². The zero-order chi connectivity index (χ0) is 34.5. The zero-order valence-electron chi connectivity index (χ0n) is 27.1. The third kappa shape index (κ3) is 7.05. The van der Waals surface area contributed by atoms with Crippen LogP contribution in [0.4, 0.5) is 11.8 Å². The molecule has 4 N–H and O–H groups in total. The summed E-state index contributed by atoms with van der Waals surface area (Å²) in [6.45, 7) is 2.40. The van der Waals surface area contributed by atoms with Gasteiger partial charge in [-0.15, -0.1) is 10.2 Å². The number of nitrogens with one attached hydrogen (secondary N) is 2. The molecule has 0 aliphatic carbocycles. The highest BCUT2D eigenvalue weighted by Crippen LogP contribution is 2.42. The van der Waals surface area contributed by atoms with Gasteiger partial charge in [-0.25, -0.2) is 4.98 Å². The molecule has 0 saturated carbocycles. The van der Waals surface area contributed by atoms with Gasteiger partial charge in [-0.3, -0.25) is 9.36 Å². The fourth-order valence-corrected chi connectivity index (χ4v) is 7.02. The van der Waals surface area contributed by atoms with Gasteiger partial charge in [-0.2, -0.15) is 9.97 Å². The number of benzene rings is 3. The highest BCUT2D eigenvalue weighted by molar-refractivity contribution is 7.11. The third-order valence-corrected chi connectivity index (χ3v) is 9.56. The molecular weight excluding hydrogens is 657 g/mol. The Labute approximate surface area is 292 Å². The molecule has 0 unspecified atom stereocenters. The minimum Gasteiger partial charge on any atom is -0.457 e. The van der Waals surface area contributed by atoms with E-state index in [1.54, 1.807) is 11.5 Å². The maximum Gasteiger partial charge on any atom is 0.293 e. The largest absolute Gasteiger partial charge is 0.457 e. The van der Waals surface area contributed by atoms with E-state index in [0.29, 0.717) is 40.0 Å². The molecule has 1 aliphatic rings. The first kappa shape index (κ1) is 33.2. The SMILES string of the molecule is Cc1nnc([C@H]2O[C@@H](n3cnc4c(NCC(c5ccccc5)c5ccccc5)nc(N[C@H](CO)Cc5ccccc5)nc43)[C@H](OC=O)[C@@H]2O)s1. The highest BCUT2D eigenvalue weighted by atomic mass is 32.1. The Morgan fingerprint density at radius 2 is 1.66 bits per heavy atom. The van der Waals surface area contributed by atoms with E-state index in [-0.39, 0.29) is 24.9 Å². The summed E-state index contributed by atoms with van der Waals surface area (Å²) in [5.74, 6) is 0.682. The fraction of sp³-hybridized carbons (Fsp3) is 0.278. The molecule has 1 aliphatic heterocycles. The van der Waals surface area contributed by atoms with E-state index in [0.717, 1.165) is 16.7 Å². The third-order valence-electron chi connectivity index (χ3n) is 8.66. The second-order valence-electron chi connectivity index (χ2n) is 12.0. The van der Waals surface area contributed by atoms with Crippen molar-refractivity contribution in [3.05, 3.63) is 124 Å². The standard InChI is InChI=1S/C36H36N8O5S/c1-22-42-43-34(50-22)30-29(47)31(48-21-46)35(49-30)44-20-38-28-32(37-18-27(24-13-7-3-8-14-24)25-15-9-4-10-16-25)40-36(41-33(28)44)39-26(19-45)17-23-11-5-2-6-12-23/h2-16,20-21,26-27,29-31,35,45,47H,17-19H2,1H3,(H2,37,39,40,41)/t26-,29+,30-,31+,35+/m0/s1. The van der Waals surface area contributed by atoms with Crippen LogP contribution in [0.1, 0.15) is 45.0 Å². The quantitative estimate of drug-likeness (QED) is 0.119. The van der Waals surface area contributed by atoms with Crippen molar-refractivity contribution in [2.24, 2.45) is 0 Å². The molecule has 7 rings (SSSR count). The van der Waals surface area contributed by atoms with Crippen LogP contribution >= 0.6 is 11.3 Å². The lowest BCUT2D eigenvalue weighted by atomic mass is 9.91. The number of imidazole rings is 1. The number of fused-ring (bicyclic) bond motifs is 1. The van der Waals surface area contributed by atoms with Gasteiger partial charge in [0.05, 0.1) is 19.0 Å². The van der Waals surface area contributed by atoms with Gasteiger partial charge in [-0.05, 0) is 30.0 Å². The van der Waals surface area contributed by atoms with Crippen LogP contribution in [-0.4, -0.2) is 77.8 Å². The molecule has 14 heteroatoms. The molecule has 5 atom stereocenters. The molecule has 50 heavy (non-hydrogen) atoms. The maximum absolute atomic E-state index is 11.6. The minimum atomic E-state index is -1.23. The Morgan fingerprint density at radius 3 is 2.28 bits per heavy atom. The van der Waals surface area contributed by atoms with E-state index >= 15 is 0 Å². The number of rotatable bonds is 14. The number of carbonyl (C=O) groups is 1. The number of carbonyl (C=O) groups excluding carboxylic acids is 1. The monoisotopic (exact) mass is 692 g/mol. The molecule has 6 aromatic rings. The first-order valence-electron chi connectivity index (χ1n) is 16.2. The van der Waals surface area contributed by atoms with Crippen LogP contribution < -0.4 is 10.6 Å². The number of nitrogens with zero attached hydrogens (tertiary/aromatic N) is 6. The average molecular weight is 693 g/mol. The summed E-state index contributed by atoms with van der Waals surface area (Å²) in [6, 6.07) is 29.9. The first-order valence-corrected chi connectivity index (χ1v) is 17.1. The van der Waals surface area contributed by atoms with Crippen molar-refractivity contribution in [2.75, 3.05) is 23.8 Å². The number of aliphatic hydroxyl groups excluding tert-OH is 2. The molecule has 4 heterocycles. The molecule has 13 nitrogen and oxygen atoms in total. The fourth-order valence-electron chi connectivity index (χ4n) is 6.25. The van der Waals surface area contributed by atoms with E-state index in [9.17, 15) is 15.0 Å². The summed E-state index contributed by atoms with van der Waals surface area (Å²) in [6.07, 6.45) is -2.15. The molecule has 0 bridgehead atoms. The van der Waals surface area contributed by atoms with E-state index in [4.69, 9.17) is 19.4 Å². The van der Waals surface area contributed by atoms with Crippen molar-refractivity contribution in [3.8, 4) is 0 Å². The number of hydrogen-bond donors (Lipinski definition) is 4. The van der Waals surface area contributed by atoms with Crippen LogP contribution in [0.3, 0.4) is 0 Å². The predicted octanol–water partition coefficient (Wildman–Crippen LogP) is 4.42. The molecule has 0 amide bonds. The number of aliphatic hydroxyl groups is 2. The van der Waals surface area contributed by atoms with Crippen molar-refractivity contribution in [1.82, 2.24) is 29.7 Å². The van der Waals surface area contributed by atoms with Gasteiger partial charge in [-0.1, -0.05) is 102 Å². The molecule has 3 aromatic carbocycles. The minimum absolute atomic E-state index is 0.0148. The van der Waals surface area contributed by atoms with E-state index in [1.807, 2.05) is 66.7 Å². The Kier molecular flexibility index (Phi) is 10.0. The topological polar surface area (TPSA) is 169 Å². The smallest absolute Gasteiger partial charge is 0.293 e. The van der Waals surface area contributed by atoms with Crippen LogP contribution in [0.15, 0.2) is 97.3 Å². The molecule has 0 spiro atoms. The average Bonchev–Trinajstić information content (AvgIpc) is 3.86. The summed E-state index contributed by atoms with van der Waals surface area (Å²) in [5.41, 5.74) is 4.10. The van der Waals surface area contributed by atoms with Gasteiger partial charge >= 0.3 is 0 Å². The van der Waals surface area contributed by atoms with Crippen LogP contribution in [0, 0.1) is 6.92 Å². The number of aromatic nitrogens is 6. The van der Waals surface area contributed by atoms with Gasteiger partial charge in [0.2, 0.25) is 5.95 Å². The molecule has 0 radical (unpaired) electrons. The zero-order valence-corrected chi connectivity index (χ0v) is 27.9. The van der Waals surface area contributed by atoms with E-state index in [2.05, 4.69) is 50.1 Å². The summed E-state index contributed by atoms with van der Waals surface area (Å²) >= 11 is 1.29. The second-order valence-corrected chi connectivity index (χ2v) is 13.2. The number of ether oxygens (including phenoxy) is 2. The molecule has 1 fully saturated rings. The van der Waals surface area contributed by atoms with Crippen molar-refractivity contribution in [2.45, 2.75) is 49.8 Å². The van der Waals surface area contributed by atoms with E-state index < -0.39 is 30.6 Å².